The van der Waals surface area contributed by atoms with E-state index in [9.17, 15) is 4.79 Å². The minimum atomic E-state index is -0.0854. The van der Waals surface area contributed by atoms with Crippen molar-refractivity contribution >= 4 is 0 Å². The molecular weight excluding hydrogens is 142 g/mol. The highest BCUT2D eigenvalue weighted by Crippen LogP contribution is 1.96. The van der Waals surface area contributed by atoms with Crippen molar-refractivity contribution < 1.29 is 5.11 Å². The molecule has 0 saturated carbocycles. The molecule has 1 aromatic rings. The molecule has 0 unspecified atom stereocenters. The van der Waals surface area contributed by atoms with Crippen molar-refractivity contribution in [1.82, 2.24) is 4.98 Å². The zero-order valence-electron chi connectivity index (χ0n) is 6.21. The van der Waals surface area contributed by atoms with E-state index in [-0.39, 0.29) is 12.2 Å². The van der Waals surface area contributed by atoms with Gasteiger partial charge in [0.2, 0.25) is 5.56 Å². The van der Waals surface area contributed by atoms with Crippen LogP contribution in [0.4, 0.5) is 0 Å². The van der Waals surface area contributed by atoms with Crippen molar-refractivity contribution in [3.63, 3.8) is 0 Å². The van der Waals surface area contributed by atoms with Crippen LogP contribution < -0.4 is 5.56 Å². The van der Waals surface area contributed by atoms with Crippen LogP contribution in [-0.2, 0) is 6.42 Å². The van der Waals surface area contributed by atoms with Crippen molar-refractivity contribution in [3.8, 4) is 0 Å². The molecule has 0 aromatic carbocycles. The van der Waals surface area contributed by atoms with Gasteiger partial charge in [-0.15, -0.1) is 0 Å². The molecule has 1 rings (SSSR count). The lowest BCUT2D eigenvalue weighted by Crippen LogP contribution is -2.03. The number of aliphatic hydroxyl groups is 1. The van der Waals surface area contributed by atoms with Crippen LogP contribution in [-0.4, -0.2) is 16.7 Å². The minimum absolute atomic E-state index is 0.0854. The van der Waals surface area contributed by atoms with E-state index in [1.165, 1.54) is 6.07 Å². The number of hydrogen-bond acceptors (Lipinski definition) is 2. The normalized spacial score (nSPS) is 9.91. The van der Waals surface area contributed by atoms with Crippen LogP contribution in [0.2, 0.25) is 0 Å². The highest BCUT2D eigenvalue weighted by molar-refractivity contribution is 5.08. The van der Waals surface area contributed by atoms with E-state index in [2.05, 4.69) is 4.98 Å². The van der Waals surface area contributed by atoms with E-state index in [4.69, 9.17) is 5.11 Å². The molecule has 11 heavy (non-hydrogen) atoms. The average Bonchev–Trinajstić information content (AvgIpc) is 2.04. The summed E-state index contributed by atoms with van der Waals surface area (Å²) < 4.78 is 0. The number of nitrogens with one attached hydrogen (secondary N) is 1. The van der Waals surface area contributed by atoms with Crippen molar-refractivity contribution in [2.75, 3.05) is 6.61 Å². The molecule has 0 bridgehead atoms. The first-order chi connectivity index (χ1) is 5.33. The number of pyridine rings is 1. The van der Waals surface area contributed by atoms with Gasteiger partial charge in [0.1, 0.15) is 0 Å². The maximum atomic E-state index is 10.6. The first-order valence-electron chi connectivity index (χ1n) is 3.61. The Hall–Kier alpha value is -1.09. The first-order valence-corrected chi connectivity index (χ1v) is 3.61. The van der Waals surface area contributed by atoms with Crippen LogP contribution in [0, 0.1) is 0 Å². The third kappa shape index (κ3) is 2.55. The molecule has 3 heteroatoms. The third-order valence-electron chi connectivity index (χ3n) is 1.47. The summed E-state index contributed by atoms with van der Waals surface area (Å²) in [4.78, 5) is 13.2. The van der Waals surface area contributed by atoms with Crippen molar-refractivity contribution in [1.29, 1.82) is 0 Å². The molecule has 3 nitrogen and oxygen atoms in total. The summed E-state index contributed by atoms with van der Waals surface area (Å²) in [6.07, 6.45) is 3.23. The van der Waals surface area contributed by atoms with Gasteiger partial charge in [0.05, 0.1) is 0 Å². The highest BCUT2D eigenvalue weighted by Gasteiger charge is 1.90. The number of aliphatic hydroxyl groups excluding tert-OH is 1. The molecule has 0 radical (unpaired) electrons. The number of H-pyrrole nitrogens is 1. The Kier molecular flexibility index (Phi) is 2.86. The molecule has 0 fully saturated rings. The lowest BCUT2D eigenvalue weighted by Gasteiger charge is -1.96. The first kappa shape index (κ1) is 8.01. The van der Waals surface area contributed by atoms with Gasteiger partial charge in [-0.1, -0.05) is 6.07 Å². The summed E-state index contributed by atoms with van der Waals surface area (Å²) in [7, 11) is 0. The molecule has 1 aromatic heterocycles. The maximum absolute atomic E-state index is 10.6. The van der Waals surface area contributed by atoms with E-state index >= 15 is 0 Å². The van der Waals surface area contributed by atoms with Gasteiger partial charge in [0, 0.05) is 18.9 Å². The number of aromatic nitrogens is 1. The standard InChI is InChI=1S/C8H11NO2/c10-5-1-2-7-3-4-8(11)9-6-7/h3-4,6,10H,1-2,5H2,(H,9,11). The van der Waals surface area contributed by atoms with Gasteiger partial charge in [-0.25, -0.2) is 0 Å². The minimum Gasteiger partial charge on any atom is -0.396 e. The smallest absolute Gasteiger partial charge is 0.247 e. The van der Waals surface area contributed by atoms with Crippen LogP contribution in [0.25, 0.3) is 0 Å². The molecule has 0 saturated heterocycles. The summed E-state index contributed by atoms with van der Waals surface area (Å²) in [5.41, 5.74) is 0.969. The quantitative estimate of drug-likeness (QED) is 0.656. The largest absolute Gasteiger partial charge is 0.396 e. The van der Waals surface area contributed by atoms with Crippen molar-refractivity contribution in [3.05, 3.63) is 34.2 Å². The van der Waals surface area contributed by atoms with Gasteiger partial charge in [-0.3, -0.25) is 4.79 Å². The fourth-order valence-electron chi connectivity index (χ4n) is 0.881. The summed E-state index contributed by atoms with van der Waals surface area (Å²) in [5.74, 6) is 0. The Labute approximate surface area is 64.7 Å². The van der Waals surface area contributed by atoms with Gasteiger partial charge < -0.3 is 10.1 Å². The van der Waals surface area contributed by atoms with Gasteiger partial charge in [0.15, 0.2) is 0 Å². The molecule has 60 valence electrons. The Morgan fingerprint density at radius 3 is 2.82 bits per heavy atom. The van der Waals surface area contributed by atoms with Crippen LogP contribution in [0.15, 0.2) is 23.1 Å². The zero-order valence-corrected chi connectivity index (χ0v) is 6.21. The topological polar surface area (TPSA) is 53.1 Å². The third-order valence-corrected chi connectivity index (χ3v) is 1.47. The predicted octanol–water partition coefficient (Wildman–Crippen LogP) is 0.300. The Morgan fingerprint density at radius 1 is 1.45 bits per heavy atom. The lowest BCUT2D eigenvalue weighted by molar-refractivity contribution is 0.288. The molecule has 0 spiro atoms. The van der Waals surface area contributed by atoms with Crippen LogP contribution in [0.1, 0.15) is 12.0 Å². The fraction of sp³-hybridized carbons (Fsp3) is 0.375. The van der Waals surface area contributed by atoms with E-state index in [1.54, 1.807) is 12.3 Å². The van der Waals surface area contributed by atoms with E-state index in [0.29, 0.717) is 0 Å². The monoisotopic (exact) mass is 153 g/mol. The number of rotatable bonds is 3. The van der Waals surface area contributed by atoms with Gasteiger partial charge in [-0.2, -0.15) is 0 Å². The SMILES string of the molecule is O=c1ccc(CCCO)c[nH]1. The molecule has 0 atom stereocenters. The van der Waals surface area contributed by atoms with Gasteiger partial charge >= 0.3 is 0 Å². The van der Waals surface area contributed by atoms with E-state index in [0.717, 1.165) is 18.4 Å². The zero-order chi connectivity index (χ0) is 8.10. The fourth-order valence-corrected chi connectivity index (χ4v) is 0.881. The second-order valence-corrected chi connectivity index (χ2v) is 2.39. The van der Waals surface area contributed by atoms with Crippen LogP contribution in [0.3, 0.4) is 0 Å². The second-order valence-electron chi connectivity index (χ2n) is 2.39. The molecule has 0 aliphatic heterocycles. The summed E-state index contributed by atoms with van der Waals surface area (Å²) >= 11 is 0. The number of aromatic amines is 1. The van der Waals surface area contributed by atoms with Crippen molar-refractivity contribution in [2.24, 2.45) is 0 Å². The Bertz CT molecular complexity index is 247. The Morgan fingerprint density at radius 2 is 2.27 bits per heavy atom. The van der Waals surface area contributed by atoms with E-state index < -0.39 is 0 Å². The summed E-state index contributed by atoms with van der Waals surface area (Å²) in [6.45, 7) is 0.194. The maximum Gasteiger partial charge on any atom is 0.247 e. The number of aryl methyl sites for hydroxylation is 1. The highest BCUT2D eigenvalue weighted by atomic mass is 16.2. The number of hydrogen-bond donors (Lipinski definition) is 2. The molecule has 0 aliphatic carbocycles. The average molecular weight is 153 g/mol. The Balaban J connectivity index is 2.59. The van der Waals surface area contributed by atoms with Crippen LogP contribution >= 0.6 is 0 Å². The second kappa shape index (κ2) is 3.93. The van der Waals surface area contributed by atoms with Crippen LogP contribution in [0.5, 0.6) is 0 Å². The summed E-state index contributed by atoms with van der Waals surface area (Å²) in [5, 5.41) is 8.51. The molecule has 2 N–H and O–H groups in total. The van der Waals surface area contributed by atoms with Gasteiger partial charge in [0.25, 0.3) is 0 Å². The molecule has 0 aliphatic rings. The van der Waals surface area contributed by atoms with Crippen molar-refractivity contribution in [2.45, 2.75) is 12.8 Å². The molecular formula is C8H11NO2. The lowest BCUT2D eigenvalue weighted by atomic mass is 10.2. The van der Waals surface area contributed by atoms with Gasteiger partial charge in [-0.05, 0) is 18.4 Å². The molecule has 1 heterocycles. The summed E-state index contributed by atoms with van der Waals surface area (Å²) in [6, 6.07) is 3.27. The van der Waals surface area contributed by atoms with E-state index in [1.807, 2.05) is 0 Å². The predicted molar refractivity (Wildman–Crippen MR) is 42.5 cm³/mol. The molecule has 0 amide bonds.